The normalized spacial score (nSPS) is 11.1. The summed E-state index contributed by atoms with van der Waals surface area (Å²) in [5.41, 5.74) is 1.74. The smallest absolute Gasteiger partial charge is 0.341 e. The van der Waals surface area contributed by atoms with Gasteiger partial charge in [0.05, 0.1) is 29.8 Å². The lowest BCUT2D eigenvalue weighted by atomic mass is 9.84. The SMILES string of the molecule is C=C(C)C(=O)CCCCCCOc1ccc(C(=O)OC(OC(=O)c2ccc(OCCCCCCC(=O)C(=C)C)cc2)C(C)(C)c2ccccc2)cc1. The van der Waals surface area contributed by atoms with Crippen LogP contribution in [0.3, 0.4) is 0 Å². The van der Waals surface area contributed by atoms with Gasteiger partial charge in [0, 0.05) is 12.8 Å². The highest BCUT2D eigenvalue weighted by Crippen LogP contribution is 2.31. The number of rotatable bonds is 24. The molecule has 0 aliphatic rings. The number of benzene rings is 3. The third-order valence-corrected chi connectivity index (χ3v) is 8.80. The second-order valence-electron chi connectivity index (χ2n) is 13.7. The van der Waals surface area contributed by atoms with Crippen molar-refractivity contribution in [3.05, 3.63) is 120 Å². The van der Waals surface area contributed by atoms with Gasteiger partial charge in [0.1, 0.15) is 11.5 Å². The minimum absolute atomic E-state index is 0.115. The Morgan fingerprint density at radius 3 is 1.33 bits per heavy atom. The van der Waals surface area contributed by atoms with Crippen LogP contribution in [0.1, 0.15) is 118 Å². The van der Waals surface area contributed by atoms with Gasteiger partial charge in [-0.25, -0.2) is 9.59 Å². The predicted molar refractivity (Wildman–Crippen MR) is 204 cm³/mol. The minimum Gasteiger partial charge on any atom is -0.494 e. The maximum absolute atomic E-state index is 13.4. The molecule has 0 heterocycles. The highest BCUT2D eigenvalue weighted by molar-refractivity contribution is 5.94. The van der Waals surface area contributed by atoms with Crippen molar-refractivity contribution >= 4 is 23.5 Å². The van der Waals surface area contributed by atoms with Gasteiger partial charge in [-0.1, -0.05) is 69.2 Å². The summed E-state index contributed by atoms with van der Waals surface area (Å²) < 4.78 is 23.5. The lowest BCUT2D eigenvalue weighted by molar-refractivity contribution is -0.116. The second kappa shape index (κ2) is 21.4. The lowest BCUT2D eigenvalue weighted by Crippen LogP contribution is -2.41. The Labute approximate surface area is 309 Å². The van der Waals surface area contributed by atoms with Crippen LogP contribution in [0, 0.1) is 0 Å². The molecule has 0 atom stereocenters. The molecule has 0 saturated heterocycles. The maximum Gasteiger partial charge on any atom is 0.341 e. The molecule has 0 aliphatic heterocycles. The summed E-state index contributed by atoms with van der Waals surface area (Å²) in [5.74, 6) is 0.211. The van der Waals surface area contributed by atoms with Gasteiger partial charge < -0.3 is 18.9 Å². The van der Waals surface area contributed by atoms with Crippen LogP contribution in [0.15, 0.2) is 103 Å². The Balaban J connectivity index is 1.54. The number of carbonyl (C=O) groups is 4. The van der Waals surface area contributed by atoms with E-state index < -0.39 is 23.6 Å². The summed E-state index contributed by atoms with van der Waals surface area (Å²) in [6.45, 7) is 15.6. The van der Waals surface area contributed by atoms with Gasteiger partial charge in [-0.2, -0.15) is 0 Å². The average molecular weight is 711 g/mol. The van der Waals surface area contributed by atoms with E-state index in [1.165, 1.54) is 0 Å². The van der Waals surface area contributed by atoms with E-state index in [2.05, 4.69) is 13.2 Å². The zero-order valence-electron chi connectivity index (χ0n) is 31.2. The lowest BCUT2D eigenvalue weighted by Gasteiger charge is -2.33. The Morgan fingerprint density at radius 1 is 0.558 bits per heavy atom. The first-order valence-electron chi connectivity index (χ1n) is 18.2. The van der Waals surface area contributed by atoms with Gasteiger partial charge in [0.2, 0.25) is 0 Å². The Morgan fingerprint density at radius 2 is 0.942 bits per heavy atom. The first-order chi connectivity index (χ1) is 24.9. The number of ether oxygens (including phenoxy) is 4. The molecule has 0 unspecified atom stereocenters. The monoisotopic (exact) mass is 710 g/mol. The van der Waals surface area contributed by atoms with Gasteiger partial charge in [-0.05, 0) is 119 Å². The van der Waals surface area contributed by atoms with Gasteiger partial charge in [0.25, 0.3) is 6.29 Å². The molecule has 0 radical (unpaired) electrons. The molecule has 0 fully saturated rings. The molecule has 0 amide bonds. The van der Waals surface area contributed by atoms with Gasteiger partial charge >= 0.3 is 11.9 Å². The van der Waals surface area contributed by atoms with Crippen molar-refractivity contribution in [3.63, 3.8) is 0 Å². The zero-order valence-corrected chi connectivity index (χ0v) is 31.2. The van der Waals surface area contributed by atoms with Crippen LogP contribution in [0.5, 0.6) is 11.5 Å². The van der Waals surface area contributed by atoms with E-state index in [0.717, 1.165) is 56.9 Å². The third kappa shape index (κ3) is 14.0. The van der Waals surface area contributed by atoms with Gasteiger partial charge in [-0.3, -0.25) is 9.59 Å². The number of unbranched alkanes of at least 4 members (excludes halogenated alkanes) is 6. The van der Waals surface area contributed by atoms with E-state index in [1.807, 2.05) is 44.2 Å². The standard InChI is InChI=1S/C44H54O8/c1-32(2)39(45)20-14-7-9-16-30-49-37-26-22-34(23-27-37)41(47)51-43(44(5,6)36-18-12-11-13-19-36)52-42(48)35-24-28-38(29-25-35)50-31-17-10-8-15-21-40(46)33(3)4/h11-13,18-19,22-29,43H,1,3,7-10,14-17,20-21,30-31H2,2,4-6H3. The molecule has 278 valence electrons. The summed E-state index contributed by atoms with van der Waals surface area (Å²) in [4.78, 5) is 50.1. The van der Waals surface area contributed by atoms with Crippen LogP contribution < -0.4 is 9.47 Å². The summed E-state index contributed by atoms with van der Waals surface area (Å²) in [5, 5.41) is 0. The highest BCUT2D eigenvalue weighted by atomic mass is 16.7. The largest absolute Gasteiger partial charge is 0.494 e. The number of hydrogen-bond acceptors (Lipinski definition) is 8. The fourth-order valence-corrected chi connectivity index (χ4v) is 5.32. The summed E-state index contributed by atoms with van der Waals surface area (Å²) in [6.07, 6.45) is 7.00. The van der Waals surface area contributed by atoms with Crippen molar-refractivity contribution in [2.24, 2.45) is 0 Å². The maximum atomic E-state index is 13.4. The van der Waals surface area contributed by atoms with E-state index >= 15 is 0 Å². The van der Waals surface area contributed by atoms with Gasteiger partial charge in [0.15, 0.2) is 11.6 Å². The Hall–Kier alpha value is -4.98. The predicted octanol–water partition coefficient (Wildman–Crippen LogP) is 9.95. The van der Waals surface area contributed by atoms with Crippen molar-refractivity contribution in [2.75, 3.05) is 13.2 Å². The van der Waals surface area contributed by atoms with Crippen molar-refractivity contribution in [1.82, 2.24) is 0 Å². The van der Waals surface area contributed by atoms with E-state index in [4.69, 9.17) is 18.9 Å². The van der Waals surface area contributed by atoms with Crippen LogP contribution in [0.4, 0.5) is 0 Å². The van der Waals surface area contributed by atoms with Gasteiger partial charge in [-0.15, -0.1) is 0 Å². The molecule has 0 aromatic heterocycles. The Kier molecular flexibility index (Phi) is 17.1. The first kappa shape index (κ1) is 41.4. The van der Waals surface area contributed by atoms with Crippen LogP contribution >= 0.6 is 0 Å². The average Bonchev–Trinajstić information content (AvgIpc) is 3.14. The molecule has 0 spiro atoms. The molecule has 0 N–H and O–H groups in total. The fraction of sp³-hybridized carbons (Fsp3) is 0.409. The summed E-state index contributed by atoms with van der Waals surface area (Å²) in [7, 11) is 0. The number of ketones is 2. The first-order valence-corrected chi connectivity index (χ1v) is 18.2. The zero-order chi connectivity index (χ0) is 37.9. The number of carbonyl (C=O) groups excluding carboxylic acids is 4. The van der Waals surface area contributed by atoms with E-state index in [1.54, 1.807) is 62.4 Å². The number of esters is 2. The number of allylic oxidation sites excluding steroid dienone is 2. The summed E-state index contributed by atoms with van der Waals surface area (Å²) >= 11 is 0. The Bertz CT molecular complexity index is 1520. The summed E-state index contributed by atoms with van der Waals surface area (Å²) in [6, 6.07) is 22.8. The highest BCUT2D eigenvalue weighted by Gasteiger charge is 2.38. The molecule has 8 nitrogen and oxygen atoms in total. The molecule has 0 aliphatic carbocycles. The number of Topliss-reactive ketones (excluding diaryl/α,β-unsaturated/α-hetero) is 2. The third-order valence-electron chi connectivity index (χ3n) is 8.80. The topological polar surface area (TPSA) is 105 Å². The molecule has 3 aromatic carbocycles. The quantitative estimate of drug-likeness (QED) is 0.0392. The molecular weight excluding hydrogens is 656 g/mol. The van der Waals surface area contributed by atoms with Crippen molar-refractivity contribution in [3.8, 4) is 11.5 Å². The van der Waals surface area contributed by atoms with E-state index in [-0.39, 0.29) is 11.6 Å². The van der Waals surface area contributed by atoms with Crippen LogP contribution in [0.25, 0.3) is 0 Å². The fourth-order valence-electron chi connectivity index (χ4n) is 5.32. The molecular formula is C44H54O8. The molecule has 3 aromatic rings. The van der Waals surface area contributed by atoms with E-state index in [9.17, 15) is 19.2 Å². The van der Waals surface area contributed by atoms with Crippen LogP contribution in [-0.4, -0.2) is 43.0 Å². The molecule has 52 heavy (non-hydrogen) atoms. The number of hydrogen-bond donors (Lipinski definition) is 0. The molecule has 8 heteroatoms. The molecule has 0 bridgehead atoms. The second-order valence-corrected chi connectivity index (χ2v) is 13.7. The van der Waals surface area contributed by atoms with Crippen molar-refractivity contribution < 1.29 is 38.1 Å². The molecule has 3 rings (SSSR count). The van der Waals surface area contributed by atoms with Crippen LogP contribution in [-0.2, 0) is 24.5 Å². The van der Waals surface area contributed by atoms with Crippen LogP contribution in [0.2, 0.25) is 0 Å². The molecule has 0 saturated carbocycles. The van der Waals surface area contributed by atoms with Crippen molar-refractivity contribution in [2.45, 2.75) is 104 Å². The van der Waals surface area contributed by atoms with E-state index in [0.29, 0.717) is 59.8 Å². The van der Waals surface area contributed by atoms with Crippen molar-refractivity contribution in [1.29, 1.82) is 0 Å². The minimum atomic E-state index is -1.24.